The summed E-state index contributed by atoms with van der Waals surface area (Å²) in [6, 6.07) is 10.1. The minimum Gasteiger partial charge on any atom is -0.497 e. The highest BCUT2D eigenvalue weighted by Gasteiger charge is 2.10. The number of carboxylic acids is 1. The molecule has 5 heteroatoms. The molecule has 98 valence electrons. The van der Waals surface area contributed by atoms with Crippen LogP contribution < -0.4 is 9.47 Å². The Morgan fingerprint density at radius 1 is 1.16 bits per heavy atom. The van der Waals surface area contributed by atoms with Gasteiger partial charge in [0.15, 0.2) is 0 Å². The Labute approximate surface area is 110 Å². The first-order chi connectivity index (χ1) is 9.13. The Bertz CT molecular complexity index is 610. The van der Waals surface area contributed by atoms with E-state index in [2.05, 4.69) is 4.98 Å². The molecule has 0 aliphatic carbocycles. The normalized spacial score (nSPS) is 10.0. The van der Waals surface area contributed by atoms with Gasteiger partial charge < -0.3 is 14.6 Å². The third kappa shape index (κ3) is 2.82. The third-order valence-electron chi connectivity index (χ3n) is 2.62. The van der Waals surface area contributed by atoms with Crippen LogP contribution in [0.1, 0.15) is 10.4 Å². The average molecular weight is 259 g/mol. The quantitative estimate of drug-likeness (QED) is 0.913. The summed E-state index contributed by atoms with van der Waals surface area (Å²) >= 11 is 0. The molecule has 0 radical (unpaired) electrons. The van der Waals surface area contributed by atoms with Crippen molar-refractivity contribution in [1.82, 2.24) is 4.98 Å². The molecule has 0 saturated heterocycles. The number of aromatic nitrogens is 1. The first-order valence-electron chi connectivity index (χ1n) is 5.58. The molecule has 5 nitrogen and oxygen atoms in total. The van der Waals surface area contributed by atoms with Crippen LogP contribution in [0.2, 0.25) is 0 Å². The van der Waals surface area contributed by atoms with Crippen molar-refractivity contribution in [3.05, 3.63) is 42.0 Å². The van der Waals surface area contributed by atoms with Crippen molar-refractivity contribution in [2.45, 2.75) is 0 Å². The predicted molar refractivity (Wildman–Crippen MR) is 69.7 cm³/mol. The molecule has 1 N–H and O–H groups in total. The average Bonchev–Trinajstić information content (AvgIpc) is 2.46. The van der Waals surface area contributed by atoms with Crippen LogP contribution in [0.15, 0.2) is 36.4 Å². The predicted octanol–water partition coefficient (Wildman–Crippen LogP) is 2.46. The minimum atomic E-state index is -1.02. The van der Waals surface area contributed by atoms with Gasteiger partial charge in [-0.3, -0.25) is 0 Å². The Morgan fingerprint density at radius 3 is 2.58 bits per heavy atom. The van der Waals surface area contributed by atoms with Gasteiger partial charge in [-0.1, -0.05) is 12.1 Å². The molecule has 1 aromatic heterocycles. The van der Waals surface area contributed by atoms with E-state index in [4.69, 9.17) is 14.6 Å². The maximum atomic E-state index is 11.1. The smallest absolute Gasteiger partial charge is 0.335 e. The van der Waals surface area contributed by atoms with Crippen LogP contribution in [0.4, 0.5) is 0 Å². The van der Waals surface area contributed by atoms with Crippen LogP contribution >= 0.6 is 0 Å². The molecule has 0 unspecified atom stereocenters. The van der Waals surface area contributed by atoms with Crippen molar-refractivity contribution >= 4 is 5.97 Å². The summed E-state index contributed by atoms with van der Waals surface area (Å²) in [6.07, 6.45) is 0. The molecular weight excluding hydrogens is 246 g/mol. The second kappa shape index (κ2) is 5.39. The van der Waals surface area contributed by atoms with E-state index in [9.17, 15) is 4.79 Å². The van der Waals surface area contributed by atoms with Crippen molar-refractivity contribution in [2.75, 3.05) is 14.2 Å². The largest absolute Gasteiger partial charge is 0.497 e. The van der Waals surface area contributed by atoms with Crippen molar-refractivity contribution in [2.24, 2.45) is 0 Å². The van der Waals surface area contributed by atoms with E-state index in [-0.39, 0.29) is 11.4 Å². The Hall–Kier alpha value is -2.56. The number of methoxy groups -OCH3 is 2. The fourth-order valence-electron chi connectivity index (χ4n) is 1.66. The minimum absolute atomic E-state index is 0.129. The van der Waals surface area contributed by atoms with Crippen LogP contribution in [0.3, 0.4) is 0 Å². The summed E-state index contributed by atoms with van der Waals surface area (Å²) in [4.78, 5) is 15.3. The van der Waals surface area contributed by atoms with Gasteiger partial charge in [-0.05, 0) is 18.2 Å². The van der Waals surface area contributed by atoms with Gasteiger partial charge >= 0.3 is 5.97 Å². The van der Waals surface area contributed by atoms with Gasteiger partial charge in [0.05, 0.1) is 25.5 Å². The van der Waals surface area contributed by atoms with Gasteiger partial charge in [-0.15, -0.1) is 0 Å². The van der Waals surface area contributed by atoms with Crippen LogP contribution in [-0.4, -0.2) is 30.3 Å². The highest BCUT2D eigenvalue weighted by molar-refractivity contribution is 5.89. The maximum absolute atomic E-state index is 11.1. The second-order valence-corrected chi connectivity index (χ2v) is 3.82. The molecule has 0 aliphatic heterocycles. The molecule has 1 aromatic carbocycles. The van der Waals surface area contributed by atoms with Gasteiger partial charge in [0.1, 0.15) is 5.75 Å². The molecule has 2 rings (SSSR count). The van der Waals surface area contributed by atoms with Crippen molar-refractivity contribution in [1.29, 1.82) is 0 Å². The summed E-state index contributed by atoms with van der Waals surface area (Å²) in [5.41, 5.74) is 1.42. The van der Waals surface area contributed by atoms with Gasteiger partial charge in [0.25, 0.3) is 0 Å². The highest BCUT2D eigenvalue weighted by atomic mass is 16.5. The van der Waals surface area contributed by atoms with Crippen LogP contribution in [0.25, 0.3) is 11.3 Å². The lowest BCUT2D eigenvalue weighted by Crippen LogP contribution is -2.00. The Balaban J connectivity index is 2.53. The van der Waals surface area contributed by atoms with E-state index < -0.39 is 5.97 Å². The molecule has 0 fully saturated rings. The lowest BCUT2D eigenvalue weighted by molar-refractivity contribution is 0.0696. The van der Waals surface area contributed by atoms with Gasteiger partial charge in [-0.25, -0.2) is 9.78 Å². The second-order valence-electron chi connectivity index (χ2n) is 3.82. The van der Waals surface area contributed by atoms with E-state index in [0.717, 1.165) is 5.56 Å². The molecule has 0 spiro atoms. The Morgan fingerprint density at radius 2 is 1.95 bits per heavy atom. The zero-order chi connectivity index (χ0) is 13.8. The van der Waals surface area contributed by atoms with Crippen LogP contribution in [-0.2, 0) is 0 Å². The fourth-order valence-corrected chi connectivity index (χ4v) is 1.66. The molecule has 0 amide bonds. The summed E-state index contributed by atoms with van der Waals surface area (Å²) < 4.78 is 10.2. The molecule has 0 bridgehead atoms. The maximum Gasteiger partial charge on any atom is 0.335 e. The van der Waals surface area contributed by atoms with E-state index in [1.165, 1.54) is 19.2 Å². The molecule has 0 saturated carbocycles. The van der Waals surface area contributed by atoms with Crippen molar-refractivity contribution in [3.63, 3.8) is 0 Å². The zero-order valence-electron chi connectivity index (χ0n) is 10.6. The first-order valence-corrected chi connectivity index (χ1v) is 5.58. The monoisotopic (exact) mass is 259 g/mol. The zero-order valence-corrected chi connectivity index (χ0v) is 10.6. The molecule has 1 heterocycles. The standard InChI is InChI=1S/C14H13NO4/c1-18-11-5-3-4-9(6-11)12-7-10(14(16)17)8-13(15-12)19-2/h3-8H,1-2H3,(H,16,17). The summed E-state index contributed by atoms with van der Waals surface area (Å²) in [5.74, 6) is -0.0819. The van der Waals surface area contributed by atoms with E-state index in [1.54, 1.807) is 13.2 Å². The molecule has 2 aromatic rings. The summed E-state index contributed by atoms with van der Waals surface area (Å²) in [5, 5.41) is 9.07. The molecular formula is C14H13NO4. The van der Waals surface area contributed by atoms with Crippen molar-refractivity contribution < 1.29 is 19.4 Å². The topological polar surface area (TPSA) is 68.7 Å². The lowest BCUT2D eigenvalue weighted by atomic mass is 10.1. The highest BCUT2D eigenvalue weighted by Crippen LogP contribution is 2.25. The number of carbonyl (C=O) groups is 1. The Kier molecular flexibility index (Phi) is 3.66. The van der Waals surface area contributed by atoms with Gasteiger partial charge in [0.2, 0.25) is 5.88 Å². The SMILES string of the molecule is COc1cccc(-c2cc(C(=O)O)cc(OC)n2)c1. The molecule has 0 atom stereocenters. The summed E-state index contributed by atoms with van der Waals surface area (Å²) in [7, 11) is 3.02. The number of ether oxygens (including phenoxy) is 2. The van der Waals surface area contributed by atoms with Gasteiger partial charge in [-0.2, -0.15) is 0 Å². The summed E-state index contributed by atoms with van der Waals surface area (Å²) in [6.45, 7) is 0. The number of hydrogen-bond acceptors (Lipinski definition) is 4. The van der Waals surface area contributed by atoms with Crippen LogP contribution in [0.5, 0.6) is 11.6 Å². The number of aromatic carboxylic acids is 1. The molecule has 19 heavy (non-hydrogen) atoms. The fraction of sp³-hybridized carbons (Fsp3) is 0.143. The first kappa shape index (κ1) is 12.9. The van der Waals surface area contributed by atoms with E-state index >= 15 is 0 Å². The number of pyridine rings is 1. The van der Waals surface area contributed by atoms with Crippen LogP contribution in [0, 0.1) is 0 Å². The number of nitrogens with zero attached hydrogens (tertiary/aromatic N) is 1. The van der Waals surface area contributed by atoms with E-state index in [0.29, 0.717) is 11.4 Å². The molecule has 0 aliphatic rings. The number of carboxylic acid groups (broad SMARTS) is 1. The number of rotatable bonds is 4. The third-order valence-corrected chi connectivity index (χ3v) is 2.62. The number of benzene rings is 1. The van der Waals surface area contributed by atoms with E-state index in [1.807, 2.05) is 18.2 Å². The van der Waals surface area contributed by atoms with Gasteiger partial charge in [0, 0.05) is 11.6 Å². The number of hydrogen-bond donors (Lipinski definition) is 1. The van der Waals surface area contributed by atoms with Crippen molar-refractivity contribution in [3.8, 4) is 22.9 Å². The lowest BCUT2D eigenvalue weighted by Gasteiger charge is -2.07.